The van der Waals surface area contributed by atoms with Crippen molar-refractivity contribution >= 4 is 0 Å². The number of nitrogens with one attached hydrogen (secondary N) is 1. The van der Waals surface area contributed by atoms with Crippen molar-refractivity contribution in [2.75, 3.05) is 19.6 Å². The average Bonchev–Trinajstić information content (AvgIpc) is 3.07. The molecule has 3 rings (SSSR count). The lowest BCUT2D eigenvalue weighted by molar-refractivity contribution is 0.222. The summed E-state index contributed by atoms with van der Waals surface area (Å²) in [5.74, 6) is 0.748. The predicted octanol–water partition coefficient (Wildman–Crippen LogP) is 2.28. The molecule has 1 aliphatic heterocycles. The van der Waals surface area contributed by atoms with Gasteiger partial charge in [0.1, 0.15) is 6.17 Å². The molecule has 5 heteroatoms. The normalized spacial score (nSPS) is 29.3. The van der Waals surface area contributed by atoms with Gasteiger partial charge in [-0.05, 0) is 44.2 Å². The molecule has 2 aliphatic rings. The van der Waals surface area contributed by atoms with Crippen LogP contribution < -0.4 is 5.32 Å². The summed E-state index contributed by atoms with van der Waals surface area (Å²) in [5, 5.41) is 7.78. The van der Waals surface area contributed by atoms with Crippen LogP contribution in [-0.2, 0) is 13.6 Å². The van der Waals surface area contributed by atoms with Gasteiger partial charge in [0.05, 0.1) is 5.69 Å². The Morgan fingerprint density at radius 1 is 1.36 bits per heavy atom. The lowest BCUT2D eigenvalue weighted by atomic mass is 9.94. The monoisotopic (exact) mass is 306 g/mol. The topological polar surface area (TPSA) is 33.1 Å². The molecule has 0 radical (unpaired) electrons. The third kappa shape index (κ3) is 3.96. The lowest BCUT2D eigenvalue weighted by Gasteiger charge is -2.25. The van der Waals surface area contributed by atoms with Crippen LogP contribution in [0.5, 0.6) is 0 Å². The summed E-state index contributed by atoms with van der Waals surface area (Å²) in [6, 6.07) is 2.31. The third-order valence-corrected chi connectivity index (χ3v) is 4.96. The Balaban J connectivity index is 1.48. The van der Waals surface area contributed by atoms with Crippen molar-refractivity contribution in [2.24, 2.45) is 13.0 Å². The second kappa shape index (κ2) is 7.38. The van der Waals surface area contributed by atoms with Crippen molar-refractivity contribution < 1.29 is 4.39 Å². The van der Waals surface area contributed by atoms with E-state index in [0.29, 0.717) is 19.0 Å². The largest absolute Gasteiger partial charge is 0.315 e. The Bertz CT molecular complexity index is 499. The Labute approximate surface area is 132 Å². The number of aryl methyl sites for hydroxylation is 1. The van der Waals surface area contributed by atoms with Crippen LogP contribution in [0, 0.1) is 5.92 Å². The fourth-order valence-electron chi connectivity index (χ4n) is 3.59. The number of rotatable bonds is 6. The first-order chi connectivity index (χ1) is 10.7. The molecule has 1 aromatic rings. The van der Waals surface area contributed by atoms with E-state index in [0.717, 1.165) is 31.2 Å². The minimum absolute atomic E-state index is 0.295. The molecule has 2 heterocycles. The van der Waals surface area contributed by atoms with E-state index in [4.69, 9.17) is 0 Å². The van der Waals surface area contributed by atoms with Gasteiger partial charge in [-0.15, -0.1) is 0 Å². The van der Waals surface area contributed by atoms with Crippen molar-refractivity contribution in [3.05, 3.63) is 30.1 Å². The molecule has 122 valence electrons. The van der Waals surface area contributed by atoms with Gasteiger partial charge in [-0.1, -0.05) is 12.2 Å². The van der Waals surface area contributed by atoms with E-state index in [-0.39, 0.29) is 0 Å². The Kier molecular flexibility index (Phi) is 5.26. The zero-order chi connectivity index (χ0) is 15.4. The fraction of sp³-hybridized carbons (Fsp3) is 0.706. The highest BCUT2D eigenvalue weighted by Crippen LogP contribution is 2.22. The zero-order valence-corrected chi connectivity index (χ0v) is 13.4. The summed E-state index contributed by atoms with van der Waals surface area (Å²) < 4.78 is 15.7. The number of halogens is 1. The van der Waals surface area contributed by atoms with Gasteiger partial charge < -0.3 is 5.32 Å². The molecule has 3 atom stereocenters. The molecule has 0 unspecified atom stereocenters. The molecule has 0 bridgehead atoms. The number of allylic oxidation sites excluding steroid dienone is 2. The second-order valence-corrected chi connectivity index (χ2v) is 6.67. The van der Waals surface area contributed by atoms with Crippen molar-refractivity contribution in [1.29, 1.82) is 0 Å². The molecule has 1 aliphatic carbocycles. The minimum atomic E-state index is -0.697. The van der Waals surface area contributed by atoms with E-state index in [1.807, 2.05) is 24.0 Å². The molecule has 0 spiro atoms. The van der Waals surface area contributed by atoms with Crippen LogP contribution in [0.25, 0.3) is 0 Å². The maximum atomic E-state index is 13.8. The number of hydrogen-bond acceptors (Lipinski definition) is 3. The Hall–Kier alpha value is -1.20. The SMILES string of the molecule is Cn1nccc1CN1C[C@@H](F)C[C@H]1CNC[C@H]1CC=CCC1. The van der Waals surface area contributed by atoms with E-state index in [9.17, 15) is 4.39 Å². The Morgan fingerprint density at radius 3 is 3.00 bits per heavy atom. The number of aromatic nitrogens is 2. The summed E-state index contributed by atoms with van der Waals surface area (Å²) in [4.78, 5) is 2.26. The standard InChI is InChI=1S/C17H27FN4/c1-21-16(7-8-20-21)13-22-12-15(18)9-17(22)11-19-10-14-5-3-2-4-6-14/h2-3,7-8,14-15,17,19H,4-6,9-13H2,1H3/t14-,15-,17-/m0/s1. The van der Waals surface area contributed by atoms with E-state index in [2.05, 4.69) is 27.5 Å². The smallest absolute Gasteiger partial charge is 0.114 e. The summed E-state index contributed by atoms with van der Waals surface area (Å²) in [6.07, 6.45) is 9.99. The third-order valence-electron chi connectivity index (χ3n) is 4.96. The summed E-state index contributed by atoms with van der Waals surface area (Å²) in [7, 11) is 1.95. The maximum Gasteiger partial charge on any atom is 0.114 e. The lowest BCUT2D eigenvalue weighted by Crippen LogP contribution is -2.39. The van der Waals surface area contributed by atoms with Gasteiger partial charge in [0.25, 0.3) is 0 Å². The molecular weight excluding hydrogens is 279 g/mol. The fourth-order valence-corrected chi connectivity index (χ4v) is 3.59. The summed E-state index contributed by atoms with van der Waals surface area (Å²) in [5.41, 5.74) is 1.15. The first kappa shape index (κ1) is 15.7. The first-order valence-electron chi connectivity index (χ1n) is 8.43. The van der Waals surface area contributed by atoms with Crippen molar-refractivity contribution in [3.8, 4) is 0 Å². The molecule has 0 aromatic carbocycles. The van der Waals surface area contributed by atoms with Gasteiger partial charge in [0.2, 0.25) is 0 Å². The number of nitrogens with zero attached hydrogens (tertiary/aromatic N) is 3. The Morgan fingerprint density at radius 2 is 2.27 bits per heavy atom. The van der Waals surface area contributed by atoms with Gasteiger partial charge in [-0.25, -0.2) is 4.39 Å². The summed E-state index contributed by atoms with van der Waals surface area (Å²) in [6.45, 7) is 3.27. The van der Waals surface area contributed by atoms with Gasteiger partial charge in [-0.3, -0.25) is 9.58 Å². The number of hydrogen-bond donors (Lipinski definition) is 1. The highest BCUT2D eigenvalue weighted by atomic mass is 19.1. The van der Waals surface area contributed by atoms with Crippen molar-refractivity contribution in [3.63, 3.8) is 0 Å². The van der Waals surface area contributed by atoms with E-state index in [1.165, 1.54) is 19.3 Å². The van der Waals surface area contributed by atoms with Crippen molar-refractivity contribution in [1.82, 2.24) is 20.0 Å². The van der Waals surface area contributed by atoms with Crippen molar-refractivity contribution in [2.45, 2.75) is 44.4 Å². The second-order valence-electron chi connectivity index (χ2n) is 6.67. The molecule has 1 saturated heterocycles. The van der Waals surface area contributed by atoms with Crippen LogP contribution in [-0.4, -0.2) is 46.5 Å². The first-order valence-corrected chi connectivity index (χ1v) is 8.43. The van der Waals surface area contributed by atoms with Gasteiger partial charge in [0, 0.05) is 38.9 Å². The molecule has 0 saturated carbocycles. The average molecular weight is 306 g/mol. The number of likely N-dealkylation sites (tertiary alicyclic amines) is 1. The highest BCUT2D eigenvalue weighted by Gasteiger charge is 2.32. The van der Waals surface area contributed by atoms with Gasteiger partial charge >= 0.3 is 0 Å². The minimum Gasteiger partial charge on any atom is -0.315 e. The molecule has 1 aromatic heterocycles. The van der Waals surface area contributed by atoms with Gasteiger partial charge in [0.15, 0.2) is 0 Å². The van der Waals surface area contributed by atoms with E-state index >= 15 is 0 Å². The van der Waals surface area contributed by atoms with E-state index in [1.54, 1.807) is 0 Å². The van der Waals surface area contributed by atoms with E-state index < -0.39 is 6.17 Å². The number of alkyl halides is 1. The molecular formula is C17H27FN4. The molecule has 1 N–H and O–H groups in total. The predicted molar refractivity (Wildman–Crippen MR) is 86.3 cm³/mol. The quantitative estimate of drug-likeness (QED) is 0.819. The zero-order valence-electron chi connectivity index (χ0n) is 13.4. The van der Waals surface area contributed by atoms with Crippen LogP contribution in [0.1, 0.15) is 31.4 Å². The van der Waals surface area contributed by atoms with Gasteiger partial charge in [-0.2, -0.15) is 5.10 Å². The highest BCUT2D eigenvalue weighted by molar-refractivity contribution is 5.02. The van der Waals surface area contributed by atoms with Crippen LogP contribution in [0.4, 0.5) is 4.39 Å². The maximum absolute atomic E-state index is 13.8. The van der Waals surface area contributed by atoms with Crippen LogP contribution in [0.2, 0.25) is 0 Å². The van der Waals surface area contributed by atoms with Crippen LogP contribution in [0.3, 0.4) is 0 Å². The van der Waals surface area contributed by atoms with Crippen LogP contribution >= 0.6 is 0 Å². The molecule has 1 fully saturated rings. The van der Waals surface area contributed by atoms with Crippen LogP contribution in [0.15, 0.2) is 24.4 Å². The molecule has 4 nitrogen and oxygen atoms in total. The summed E-state index contributed by atoms with van der Waals surface area (Å²) >= 11 is 0. The molecule has 22 heavy (non-hydrogen) atoms. The molecule has 0 amide bonds.